The van der Waals surface area contributed by atoms with E-state index in [9.17, 15) is 4.79 Å². The van der Waals surface area contributed by atoms with Crippen molar-refractivity contribution in [1.29, 1.82) is 0 Å². The average Bonchev–Trinajstić information content (AvgIpc) is 3.45. The average molecular weight is 365 g/mol. The van der Waals surface area contributed by atoms with E-state index in [1.54, 1.807) is 18.5 Å². The second-order valence-corrected chi connectivity index (χ2v) is 6.52. The zero-order chi connectivity index (χ0) is 19.8. The largest absolute Gasteiger partial charge is 0.481 e. The Kier molecular flexibility index (Phi) is 7.29. The molecule has 2 rings (SSSR count). The minimum atomic E-state index is -0.759. The first kappa shape index (κ1) is 20.4. The van der Waals surface area contributed by atoms with E-state index in [1.807, 2.05) is 26.0 Å². The van der Waals surface area contributed by atoms with Gasteiger partial charge in [0.2, 0.25) is 0 Å². The lowest BCUT2D eigenvalue weighted by molar-refractivity contribution is -0.138. The molecule has 1 saturated carbocycles. The number of nitrogens with one attached hydrogen (secondary N) is 1. The van der Waals surface area contributed by atoms with Gasteiger partial charge >= 0.3 is 5.97 Å². The number of nitrogens with zero attached hydrogens (tertiary/aromatic N) is 2. The van der Waals surface area contributed by atoms with Crippen LogP contribution in [0.15, 0.2) is 72.1 Å². The summed E-state index contributed by atoms with van der Waals surface area (Å²) < 4.78 is 0. The minimum Gasteiger partial charge on any atom is -0.481 e. The van der Waals surface area contributed by atoms with Gasteiger partial charge in [-0.15, -0.1) is 0 Å². The molecule has 2 N–H and O–H groups in total. The fourth-order valence-electron chi connectivity index (χ4n) is 2.88. The molecule has 1 aromatic heterocycles. The summed E-state index contributed by atoms with van der Waals surface area (Å²) in [7, 11) is 0. The van der Waals surface area contributed by atoms with Gasteiger partial charge in [-0.2, -0.15) is 0 Å². The summed E-state index contributed by atoms with van der Waals surface area (Å²) in [6.07, 6.45) is 16.0. The third kappa shape index (κ3) is 5.78. The maximum atomic E-state index is 11.0. The van der Waals surface area contributed by atoms with Crippen molar-refractivity contribution in [2.24, 2.45) is 5.92 Å². The lowest BCUT2D eigenvalue weighted by Crippen LogP contribution is -2.07. The highest BCUT2D eigenvalue weighted by Gasteiger charge is 2.45. The molecule has 0 bridgehead atoms. The van der Waals surface area contributed by atoms with Crippen LogP contribution in [0.2, 0.25) is 0 Å². The third-order valence-electron chi connectivity index (χ3n) is 4.49. The SMILES string of the molecule is C=C/C=C(C)/C(/C=C(\C=C/C)CNc1cnc(C2CC2C(=O)O)cn1)=C/C. The Morgan fingerprint density at radius 3 is 2.67 bits per heavy atom. The van der Waals surface area contributed by atoms with Crippen LogP contribution in [0.3, 0.4) is 0 Å². The van der Waals surface area contributed by atoms with Gasteiger partial charge in [0, 0.05) is 12.5 Å². The molecule has 0 spiro atoms. The van der Waals surface area contributed by atoms with E-state index in [0.29, 0.717) is 18.8 Å². The van der Waals surface area contributed by atoms with Gasteiger partial charge in [-0.1, -0.05) is 43.0 Å². The topological polar surface area (TPSA) is 75.1 Å². The van der Waals surface area contributed by atoms with Gasteiger partial charge < -0.3 is 10.4 Å². The summed E-state index contributed by atoms with van der Waals surface area (Å²) in [6, 6.07) is 0. The molecule has 1 heterocycles. The Morgan fingerprint density at radius 1 is 1.37 bits per heavy atom. The van der Waals surface area contributed by atoms with E-state index in [-0.39, 0.29) is 11.8 Å². The predicted molar refractivity (Wildman–Crippen MR) is 110 cm³/mol. The number of hydrogen-bond acceptors (Lipinski definition) is 4. The molecule has 0 aliphatic heterocycles. The molecule has 1 aliphatic rings. The van der Waals surface area contributed by atoms with Crippen LogP contribution in [-0.2, 0) is 4.79 Å². The summed E-state index contributed by atoms with van der Waals surface area (Å²) in [5.74, 6) is -0.402. The van der Waals surface area contributed by atoms with Gasteiger partial charge in [-0.05, 0) is 43.9 Å². The van der Waals surface area contributed by atoms with Gasteiger partial charge in [0.15, 0.2) is 0 Å². The van der Waals surface area contributed by atoms with E-state index >= 15 is 0 Å². The smallest absolute Gasteiger partial charge is 0.307 e. The molecule has 5 nitrogen and oxygen atoms in total. The standard InChI is InChI=1S/C22H27N3O2/c1-5-8-15(4)17(7-3)10-16(9-6-2)12-24-21-14-23-20(13-25-21)18-11-19(18)22(26)27/h5-10,13-14,18-19H,1,11-12H2,2-4H3,(H,24,25)(H,26,27)/b9-6-,15-8+,16-10+,17-7+. The van der Waals surface area contributed by atoms with Crippen LogP contribution >= 0.6 is 0 Å². The second-order valence-electron chi connectivity index (χ2n) is 6.52. The van der Waals surface area contributed by atoms with E-state index in [4.69, 9.17) is 5.11 Å². The number of aliphatic carboxylic acids is 1. The molecule has 0 amide bonds. The van der Waals surface area contributed by atoms with Crippen molar-refractivity contribution < 1.29 is 9.90 Å². The number of aromatic nitrogens is 2. The number of hydrogen-bond donors (Lipinski definition) is 2. The number of allylic oxidation sites excluding steroid dienone is 7. The number of carbonyl (C=O) groups is 1. The van der Waals surface area contributed by atoms with Gasteiger partial charge in [0.05, 0.1) is 24.0 Å². The highest BCUT2D eigenvalue weighted by Crippen LogP contribution is 2.46. The molecule has 1 aromatic rings. The number of carboxylic acids is 1. The maximum Gasteiger partial charge on any atom is 0.307 e. The van der Waals surface area contributed by atoms with Crippen LogP contribution in [0.25, 0.3) is 0 Å². The summed E-state index contributed by atoms with van der Waals surface area (Å²) in [5, 5.41) is 12.3. The van der Waals surface area contributed by atoms with E-state index in [1.165, 1.54) is 0 Å². The zero-order valence-electron chi connectivity index (χ0n) is 16.1. The Bertz CT molecular complexity index is 801. The third-order valence-corrected chi connectivity index (χ3v) is 4.49. The van der Waals surface area contributed by atoms with E-state index < -0.39 is 5.97 Å². The number of anilines is 1. The van der Waals surface area contributed by atoms with Gasteiger partial charge in [-0.25, -0.2) is 4.98 Å². The molecule has 1 aliphatic carbocycles. The first-order valence-corrected chi connectivity index (χ1v) is 9.08. The quantitative estimate of drug-likeness (QED) is 0.623. The van der Waals surface area contributed by atoms with Crippen LogP contribution in [0.5, 0.6) is 0 Å². The lowest BCUT2D eigenvalue weighted by Gasteiger charge is -2.09. The summed E-state index contributed by atoms with van der Waals surface area (Å²) in [4.78, 5) is 19.7. The van der Waals surface area contributed by atoms with Crippen molar-refractivity contribution in [3.05, 3.63) is 77.8 Å². The fraction of sp³-hybridized carbons (Fsp3) is 0.318. The number of carboxylic acid groups (broad SMARTS) is 1. The van der Waals surface area contributed by atoms with Crippen LogP contribution in [0, 0.1) is 5.92 Å². The Hall–Kier alpha value is -2.95. The fourth-order valence-corrected chi connectivity index (χ4v) is 2.88. The summed E-state index contributed by atoms with van der Waals surface area (Å²) >= 11 is 0. The molecule has 27 heavy (non-hydrogen) atoms. The van der Waals surface area contributed by atoms with Crippen molar-refractivity contribution >= 4 is 11.8 Å². The molecule has 2 atom stereocenters. The summed E-state index contributed by atoms with van der Waals surface area (Å²) in [5.41, 5.74) is 4.15. The molecule has 0 aromatic carbocycles. The van der Waals surface area contributed by atoms with Crippen LogP contribution < -0.4 is 5.32 Å². The first-order chi connectivity index (χ1) is 13.0. The van der Waals surface area contributed by atoms with Crippen LogP contribution in [-0.4, -0.2) is 27.6 Å². The highest BCUT2D eigenvalue weighted by molar-refractivity contribution is 5.75. The van der Waals surface area contributed by atoms with Crippen LogP contribution in [0.4, 0.5) is 5.82 Å². The second kappa shape index (κ2) is 9.67. The minimum absolute atomic E-state index is 0.000552. The lowest BCUT2D eigenvalue weighted by atomic mass is 10.0. The normalized spacial score (nSPS) is 20.6. The van der Waals surface area contributed by atoms with Gasteiger partial charge in [0.25, 0.3) is 0 Å². The molecule has 0 radical (unpaired) electrons. The Balaban J connectivity index is 2.03. The molecule has 0 saturated heterocycles. The Labute approximate surface area is 160 Å². The first-order valence-electron chi connectivity index (χ1n) is 9.08. The van der Waals surface area contributed by atoms with Gasteiger partial charge in [-0.3, -0.25) is 9.78 Å². The van der Waals surface area contributed by atoms with Crippen molar-refractivity contribution in [3.63, 3.8) is 0 Å². The maximum absolute atomic E-state index is 11.0. The monoisotopic (exact) mass is 365 g/mol. The number of rotatable bonds is 9. The van der Waals surface area contributed by atoms with Crippen molar-refractivity contribution in [1.82, 2.24) is 9.97 Å². The molecular formula is C22H27N3O2. The van der Waals surface area contributed by atoms with Gasteiger partial charge in [0.1, 0.15) is 5.82 Å². The van der Waals surface area contributed by atoms with E-state index in [2.05, 4.69) is 47.0 Å². The molecule has 142 valence electrons. The molecule has 5 heteroatoms. The highest BCUT2D eigenvalue weighted by atomic mass is 16.4. The van der Waals surface area contributed by atoms with Crippen molar-refractivity contribution in [2.45, 2.75) is 33.1 Å². The van der Waals surface area contributed by atoms with Crippen molar-refractivity contribution in [2.75, 3.05) is 11.9 Å². The van der Waals surface area contributed by atoms with Crippen molar-refractivity contribution in [3.8, 4) is 0 Å². The van der Waals surface area contributed by atoms with E-state index in [0.717, 1.165) is 22.4 Å². The van der Waals surface area contributed by atoms with Crippen LogP contribution in [0.1, 0.15) is 38.8 Å². The molecule has 1 fully saturated rings. The predicted octanol–water partition coefficient (Wildman–Crippen LogP) is 4.66. The molecular weight excluding hydrogens is 338 g/mol. The Morgan fingerprint density at radius 2 is 2.15 bits per heavy atom. The zero-order valence-corrected chi connectivity index (χ0v) is 16.1. The molecule has 2 unspecified atom stereocenters. The summed E-state index contributed by atoms with van der Waals surface area (Å²) in [6.45, 7) is 10.4.